The molecule has 1 heterocycles. The van der Waals surface area contributed by atoms with Gasteiger partial charge >= 0.3 is 0 Å². The maximum atomic E-state index is 9.86. The van der Waals surface area contributed by atoms with Gasteiger partial charge in [0, 0.05) is 12.1 Å². The molecule has 20 heavy (non-hydrogen) atoms. The molecule has 0 saturated heterocycles. The SMILES string of the molecule is COc1ccc(O)c(CNc2cccc3nsnc23)c1. The van der Waals surface area contributed by atoms with E-state index in [2.05, 4.69) is 14.1 Å². The van der Waals surface area contributed by atoms with Gasteiger partial charge in [-0.05, 0) is 30.3 Å². The van der Waals surface area contributed by atoms with Gasteiger partial charge < -0.3 is 15.2 Å². The first kappa shape index (κ1) is 12.7. The molecule has 3 aromatic rings. The number of aromatic hydroxyl groups is 1. The first-order valence-electron chi connectivity index (χ1n) is 6.09. The van der Waals surface area contributed by atoms with Crippen molar-refractivity contribution in [3.05, 3.63) is 42.0 Å². The minimum absolute atomic E-state index is 0.238. The first-order valence-corrected chi connectivity index (χ1v) is 6.82. The molecule has 0 spiro atoms. The molecule has 0 amide bonds. The van der Waals surface area contributed by atoms with Gasteiger partial charge in [0.05, 0.1) is 24.5 Å². The Hall–Kier alpha value is -2.34. The second-order valence-electron chi connectivity index (χ2n) is 4.29. The monoisotopic (exact) mass is 287 g/mol. The number of fused-ring (bicyclic) bond motifs is 1. The van der Waals surface area contributed by atoms with Crippen LogP contribution in [0.2, 0.25) is 0 Å². The fraction of sp³-hybridized carbons (Fsp3) is 0.143. The lowest BCUT2D eigenvalue weighted by Gasteiger charge is -2.10. The molecular weight excluding hydrogens is 274 g/mol. The smallest absolute Gasteiger partial charge is 0.127 e. The number of phenolic OH excluding ortho intramolecular Hbond substituents is 1. The highest BCUT2D eigenvalue weighted by atomic mass is 32.1. The third-order valence-corrected chi connectivity index (χ3v) is 3.58. The van der Waals surface area contributed by atoms with E-state index in [1.165, 1.54) is 11.7 Å². The standard InChI is InChI=1S/C14H13N3O2S/c1-19-10-5-6-13(18)9(7-10)8-15-11-3-2-4-12-14(11)17-20-16-12/h2-7,15,18H,8H2,1H3. The van der Waals surface area contributed by atoms with Gasteiger partial charge in [-0.2, -0.15) is 8.75 Å². The summed E-state index contributed by atoms with van der Waals surface area (Å²) in [7, 11) is 1.60. The number of aromatic nitrogens is 2. The minimum atomic E-state index is 0.238. The average molecular weight is 287 g/mol. The number of benzene rings is 2. The summed E-state index contributed by atoms with van der Waals surface area (Å²) in [5.41, 5.74) is 3.39. The first-order chi connectivity index (χ1) is 9.78. The molecule has 0 unspecified atom stereocenters. The number of phenols is 1. The Labute approximate surface area is 120 Å². The zero-order chi connectivity index (χ0) is 13.9. The number of methoxy groups -OCH3 is 1. The van der Waals surface area contributed by atoms with Crippen molar-refractivity contribution in [2.45, 2.75) is 6.54 Å². The Morgan fingerprint density at radius 2 is 2.15 bits per heavy atom. The Morgan fingerprint density at radius 3 is 3.00 bits per heavy atom. The van der Waals surface area contributed by atoms with Crippen LogP contribution in [0.3, 0.4) is 0 Å². The van der Waals surface area contributed by atoms with Crippen molar-refractivity contribution in [1.82, 2.24) is 8.75 Å². The molecule has 2 aromatic carbocycles. The van der Waals surface area contributed by atoms with Crippen LogP contribution >= 0.6 is 11.7 Å². The second kappa shape index (κ2) is 5.34. The highest BCUT2D eigenvalue weighted by Gasteiger charge is 2.07. The van der Waals surface area contributed by atoms with E-state index in [-0.39, 0.29) is 5.75 Å². The van der Waals surface area contributed by atoms with Crippen molar-refractivity contribution in [3.63, 3.8) is 0 Å². The molecular formula is C14H13N3O2S. The highest BCUT2D eigenvalue weighted by molar-refractivity contribution is 7.00. The summed E-state index contributed by atoms with van der Waals surface area (Å²) >= 11 is 1.19. The van der Waals surface area contributed by atoms with Gasteiger partial charge in [0.1, 0.15) is 22.5 Å². The molecule has 0 atom stereocenters. The molecule has 5 nitrogen and oxygen atoms in total. The lowest BCUT2D eigenvalue weighted by Crippen LogP contribution is -2.00. The molecule has 0 fully saturated rings. The van der Waals surface area contributed by atoms with Crippen molar-refractivity contribution < 1.29 is 9.84 Å². The largest absolute Gasteiger partial charge is 0.508 e. The van der Waals surface area contributed by atoms with Gasteiger partial charge in [0.15, 0.2) is 0 Å². The van der Waals surface area contributed by atoms with Crippen LogP contribution in [0, 0.1) is 0 Å². The summed E-state index contributed by atoms with van der Waals surface area (Å²) in [4.78, 5) is 0. The molecule has 3 rings (SSSR count). The van der Waals surface area contributed by atoms with Crippen LogP contribution in [0.5, 0.6) is 11.5 Å². The van der Waals surface area contributed by atoms with Gasteiger partial charge in [0.2, 0.25) is 0 Å². The number of hydrogen-bond acceptors (Lipinski definition) is 6. The molecule has 1 aromatic heterocycles. The maximum Gasteiger partial charge on any atom is 0.127 e. The van der Waals surface area contributed by atoms with E-state index in [1.54, 1.807) is 19.2 Å². The van der Waals surface area contributed by atoms with Crippen LogP contribution in [0.4, 0.5) is 5.69 Å². The zero-order valence-electron chi connectivity index (χ0n) is 10.8. The van der Waals surface area contributed by atoms with Crippen molar-refractivity contribution in [2.75, 3.05) is 12.4 Å². The molecule has 0 aliphatic carbocycles. The van der Waals surface area contributed by atoms with Crippen LogP contribution < -0.4 is 10.1 Å². The number of ether oxygens (including phenoxy) is 1. The van der Waals surface area contributed by atoms with E-state index in [1.807, 2.05) is 24.3 Å². The van der Waals surface area contributed by atoms with Crippen LogP contribution in [0.1, 0.15) is 5.56 Å². The van der Waals surface area contributed by atoms with Crippen molar-refractivity contribution in [3.8, 4) is 11.5 Å². The molecule has 2 N–H and O–H groups in total. The third-order valence-electron chi connectivity index (χ3n) is 3.04. The van der Waals surface area contributed by atoms with Gasteiger partial charge in [-0.3, -0.25) is 0 Å². The fourth-order valence-corrected chi connectivity index (χ4v) is 2.52. The summed E-state index contributed by atoms with van der Waals surface area (Å²) < 4.78 is 13.6. The van der Waals surface area contributed by atoms with Gasteiger partial charge in [0.25, 0.3) is 0 Å². The Morgan fingerprint density at radius 1 is 1.25 bits per heavy atom. The van der Waals surface area contributed by atoms with Crippen LogP contribution in [0.25, 0.3) is 11.0 Å². The van der Waals surface area contributed by atoms with Crippen molar-refractivity contribution in [2.24, 2.45) is 0 Å². The van der Waals surface area contributed by atoms with E-state index in [0.717, 1.165) is 22.3 Å². The van der Waals surface area contributed by atoms with Gasteiger partial charge in [-0.15, -0.1) is 0 Å². The predicted molar refractivity (Wildman–Crippen MR) is 79.4 cm³/mol. The molecule has 0 aliphatic rings. The van der Waals surface area contributed by atoms with Gasteiger partial charge in [-0.25, -0.2) is 0 Å². The van der Waals surface area contributed by atoms with E-state index in [4.69, 9.17) is 4.74 Å². The molecule has 0 bridgehead atoms. The molecule has 102 valence electrons. The summed E-state index contributed by atoms with van der Waals surface area (Å²) in [6.45, 7) is 0.486. The Kier molecular flexibility index (Phi) is 3.39. The normalized spacial score (nSPS) is 10.7. The summed E-state index contributed by atoms with van der Waals surface area (Å²) in [5, 5.41) is 13.1. The Bertz CT molecular complexity index is 742. The zero-order valence-corrected chi connectivity index (χ0v) is 11.6. The average Bonchev–Trinajstić information content (AvgIpc) is 2.95. The van der Waals surface area contributed by atoms with E-state index in [9.17, 15) is 5.11 Å². The quantitative estimate of drug-likeness (QED) is 0.772. The van der Waals surface area contributed by atoms with Gasteiger partial charge in [-0.1, -0.05) is 6.07 Å². The lowest BCUT2D eigenvalue weighted by molar-refractivity contribution is 0.411. The fourth-order valence-electron chi connectivity index (χ4n) is 1.97. The number of rotatable bonds is 4. The van der Waals surface area contributed by atoms with E-state index >= 15 is 0 Å². The molecule has 0 aliphatic heterocycles. The second-order valence-corrected chi connectivity index (χ2v) is 4.81. The summed E-state index contributed by atoms with van der Waals surface area (Å²) in [6.07, 6.45) is 0. The van der Waals surface area contributed by atoms with Crippen LogP contribution in [-0.2, 0) is 6.54 Å². The molecule has 6 heteroatoms. The molecule has 0 radical (unpaired) electrons. The number of anilines is 1. The summed E-state index contributed by atoms with van der Waals surface area (Å²) in [6, 6.07) is 11.0. The number of nitrogens with zero attached hydrogens (tertiary/aromatic N) is 2. The molecule has 0 saturated carbocycles. The highest BCUT2D eigenvalue weighted by Crippen LogP contribution is 2.26. The number of hydrogen-bond donors (Lipinski definition) is 2. The minimum Gasteiger partial charge on any atom is -0.508 e. The number of nitrogens with one attached hydrogen (secondary N) is 1. The van der Waals surface area contributed by atoms with Crippen molar-refractivity contribution >= 4 is 28.4 Å². The van der Waals surface area contributed by atoms with E-state index < -0.39 is 0 Å². The third kappa shape index (κ3) is 2.37. The lowest BCUT2D eigenvalue weighted by atomic mass is 10.1. The topological polar surface area (TPSA) is 67.3 Å². The maximum absolute atomic E-state index is 9.86. The predicted octanol–water partition coefficient (Wildman–Crippen LogP) is 3.02. The summed E-state index contributed by atoms with van der Waals surface area (Å²) in [5.74, 6) is 0.954. The van der Waals surface area contributed by atoms with Crippen LogP contribution in [-0.4, -0.2) is 21.0 Å². The Balaban J connectivity index is 1.84. The van der Waals surface area contributed by atoms with E-state index in [0.29, 0.717) is 12.3 Å². The van der Waals surface area contributed by atoms with Crippen LogP contribution in [0.15, 0.2) is 36.4 Å². The van der Waals surface area contributed by atoms with Crippen molar-refractivity contribution in [1.29, 1.82) is 0 Å².